The van der Waals surface area contributed by atoms with Gasteiger partial charge in [0.2, 0.25) is 10.0 Å². The summed E-state index contributed by atoms with van der Waals surface area (Å²) >= 11 is 0. The van der Waals surface area contributed by atoms with Crippen LogP contribution in [-0.2, 0) is 29.1 Å². The average Bonchev–Trinajstić information content (AvgIpc) is 3.38. The molecule has 1 aliphatic carbocycles. The zero-order valence-corrected chi connectivity index (χ0v) is 15.3. The molecule has 8 nitrogen and oxygen atoms in total. The quantitative estimate of drug-likeness (QED) is 0.732. The van der Waals surface area contributed by atoms with E-state index in [4.69, 9.17) is 9.47 Å². The lowest BCUT2D eigenvalue weighted by atomic mass is 10.3. The second-order valence-electron chi connectivity index (χ2n) is 6.52. The van der Waals surface area contributed by atoms with Crippen LogP contribution in [0.3, 0.4) is 0 Å². The number of carbonyl (C=O) groups excluding carboxylic acids is 2. The number of amides is 1. The van der Waals surface area contributed by atoms with Gasteiger partial charge in [0.05, 0.1) is 24.0 Å². The summed E-state index contributed by atoms with van der Waals surface area (Å²) in [6.07, 6.45) is 0.805. The van der Waals surface area contributed by atoms with E-state index in [1.807, 2.05) is 6.92 Å². The molecule has 1 amide bonds. The Labute approximate surface area is 152 Å². The van der Waals surface area contributed by atoms with Gasteiger partial charge in [-0.1, -0.05) is 6.92 Å². The van der Waals surface area contributed by atoms with Gasteiger partial charge in [0, 0.05) is 18.8 Å². The van der Waals surface area contributed by atoms with Crippen LogP contribution in [-0.4, -0.2) is 57.5 Å². The Morgan fingerprint density at radius 1 is 1.23 bits per heavy atom. The van der Waals surface area contributed by atoms with Crippen molar-refractivity contribution in [3.05, 3.63) is 24.3 Å². The summed E-state index contributed by atoms with van der Waals surface area (Å²) in [5, 5.41) is 2.58. The van der Waals surface area contributed by atoms with E-state index < -0.39 is 15.9 Å². The number of anilines is 1. The van der Waals surface area contributed by atoms with Gasteiger partial charge >= 0.3 is 5.97 Å². The van der Waals surface area contributed by atoms with Gasteiger partial charge in [-0.3, -0.25) is 9.59 Å². The Kier molecular flexibility index (Phi) is 5.59. The third-order valence-electron chi connectivity index (χ3n) is 4.50. The van der Waals surface area contributed by atoms with Gasteiger partial charge in [-0.25, -0.2) is 8.42 Å². The number of hydrogen-bond donors (Lipinski definition) is 1. The molecule has 26 heavy (non-hydrogen) atoms. The SMILES string of the molecule is C[C@H]1C[C@H]1C(=O)OCC(=O)Nc1ccc(S(=O)(=O)N2CCOCC2)cc1. The number of nitrogens with one attached hydrogen (secondary N) is 1. The molecule has 2 aliphatic rings. The number of sulfonamides is 1. The van der Waals surface area contributed by atoms with Crippen LogP contribution in [0.4, 0.5) is 5.69 Å². The second kappa shape index (κ2) is 7.73. The van der Waals surface area contributed by atoms with E-state index in [0.29, 0.717) is 37.9 Å². The summed E-state index contributed by atoms with van der Waals surface area (Å²) in [5.74, 6) is -0.575. The van der Waals surface area contributed by atoms with Crippen LogP contribution >= 0.6 is 0 Å². The van der Waals surface area contributed by atoms with Gasteiger partial charge in [0.1, 0.15) is 0 Å². The van der Waals surface area contributed by atoms with Crippen LogP contribution < -0.4 is 5.32 Å². The molecule has 1 heterocycles. The first kappa shape index (κ1) is 18.8. The van der Waals surface area contributed by atoms with Crippen molar-refractivity contribution < 1.29 is 27.5 Å². The van der Waals surface area contributed by atoms with Crippen LogP contribution in [0.25, 0.3) is 0 Å². The molecule has 0 aromatic heterocycles. The molecular formula is C17H22N2O6S. The number of benzene rings is 1. The molecule has 3 rings (SSSR count). The Morgan fingerprint density at radius 2 is 1.85 bits per heavy atom. The van der Waals surface area contributed by atoms with Gasteiger partial charge in [-0.05, 0) is 36.6 Å². The highest BCUT2D eigenvalue weighted by Crippen LogP contribution is 2.38. The molecule has 1 saturated heterocycles. The maximum Gasteiger partial charge on any atom is 0.309 e. The predicted molar refractivity (Wildman–Crippen MR) is 92.9 cm³/mol. The van der Waals surface area contributed by atoms with Crippen LogP contribution in [0, 0.1) is 11.8 Å². The van der Waals surface area contributed by atoms with Crippen molar-refractivity contribution >= 4 is 27.6 Å². The lowest BCUT2D eigenvalue weighted by Crippen LogP contribution is -2.40. The van der Waals surface area contributed by atoms with Crippen LogP contribution in [0.5, 0.6) is 0 Å². The van der Waals surface area contributed by atoms with Crippen molar-refractivity contribution in [2.75, 3.05) is 38.2 Å². The van der Waals surface area contributed by atoms with E-state index in [1.165, 1.54) is 28.6 Å². The fraction of sp³-hybridized carbons (Fsp3) is 0.529. The first-order chi connectivity index (χ1) is 12.4. The molecular weight excluding hydrogens is 360 g/mol. The van der Waals surface area contributed by atoms with Crippen molar-refractivity contribution in [1.82, 2.24) is 4.31 Å². The van der Waals surface area contributed by atoms with E-state index in [2.05, 4.69) is 5.32 Å². The van der Waals surface area contributed by atoms with Gasteiger partial charge in [0.15, 0.2) is 6.61 Å². The molecule has 1 aromatic rings. The van der Waals surface area contributed by atoms with Gasteiger partial charge in [0.25, 0.3) is 5.91 Å². The summed E-state index contributed by atoms with van der Waals surface area (Å²) in [4.78, 5) is 23.6. The molecule has 1 aromatic carbocycles. The van der Waals surface area contributed by atoms with Crippen molar-refractivity contribution in [3.8, 4) is 0 Å². The second-order valence-corrected chi connectivity index (χ2v) is 8.45. The summed E-state index contributed by atoms with van der Waals surface area (Å²) < 4.78 is 36.5. The number of hydrogen-bond acceptors (Lipinski definition) is 6. The summed E-state index contributed by atoms with van der Waals surface area (Å²) in [5.41, 5.74) is 0.437. The molecule has 9 heteroatoms. The minimum Gasteiger partial charge on any atom is -0.455 e. The number of nitrogens with zero attached hydrogens (tertiary/aromatic N) is 1. The summed E-state index contributed by atoms with van der Waals surface area (Å²) in [6.45, 7) is 3.02. The lowest BCUT2D eigenvalue weighted by molar-refractivity contribution is -0.148. The van der Waals surface area contributed by atoms with Crippen molar-refractivity contribution in [2.24, 2.45) is 11.8 Å². The Morgan fingerprint density at radius 3 is 2.42 bits per heavy atom. The van der Waals surface area contributed by atoms with Gasteiger partial charge in [-0.15, -0.1) is 0 Å². The summed E-state index contributed by atoms with van der Waals surface area (Å²) in [6, 6.07) is 5.91. The van der Waals surface area contributed by atoms with E-state index in [9.17, 15) is 18.0 Å². The normalized spacial score (nSPS) is 23.3. The minimum atomic E-state index is -3.57. The molecule has 0 unspecified atom stereocenters. The fourth-order valence-electron chi connectivity index (χ4n) is 2.74. The highest BCUT2D eigenvalue weighted by atomic mass is 32.2. The number of ether oxygens (including phenoxy) is 2. The van der Waals surface area contributed by atoms with Crippen LogP contribution in [0.2, 0.25) is 0 Å². The first-order valence-electron chi connectivity index (χ1n) is 8.52. The van der Waals surface area contributed by atoms with Gasteiger partial charge < -0.3 is 14.8 Å². The van der Waals surface area contributed by atoms with E-state index in [-0.39, 0.29) is 23.4 Å². The number of morpholine rings is 1. The molecule has 2 fully saturated rings. The molecule has 1 aliphatic heterocycles. The molecule has 2 atom stereocenters. The Balaban J connectivity index is 1.53. The highest BCUT2D eigenvalue weighted by Gasteiger charge is 2.40. The molecule has 0 radical (unpaired) electrons. The standard InChI is InChI=1S/C17H22N2O6S/c1-12-10-15(12)17(21)25-11-16(20)18-13-2-4-14(5-3-13)26(22,23)19-6-8-24-9-7-19/h2-5,12,15H,6-11H2,1H3,(H,18,20)/t12-,15+/m0/s1. The lowest BCUT2D eigenvalue weighted by Gasteiger charge is -2.26. The fourth-order valence-corrected chi connectivity index (χ4v) is 4.15. The maximum absolute atomic E-state index is 12.5. The van der Waals surface area contributed by atoms with Gasteiger partial charge in [-0.2, -0.15) is 4.31 Å². The Bertz CT molecular complexity index is 771. The maximum atomic E-state index is 12.5. The third kappa shape index (κ3) is 4.40. The van der Waals surface area contributed by atoms with Crippen molar-refractivity contribution in [1.29, 1.82) is 0 Å². The molecule has 0 bridgehead atoms. The third-order valence-corrected chi connectivity index (χ3v) is 6.42. The van der Waals surface area contributed by atoms with E-state index >= 15 is 0 Å². The molecule has 0 spiro atoms. The first-order valence-corrected chi connectivity index (χ1v) is 9.96. The van der Waals surface area contributed by atoms with E-state index in [0.717, 1.165) is 6.42 Å². The zero-order chi connectivity index (χ0) is 18.7. The topological polar surface area (TPSA) is 102 Å². The molecule has 1 N–H and O–H groups in total. The molecule has 142 valence electrons. The monoisotopic (exact) mass is 382 g/mol. The van der Waals surface area contributed by atoms with Crippen LogP contribution in [0.15, 0.2) is 29.2 Å². The van der Waals surface area contributed by atoms with Crippen molar-refractivity contribution in [3.63, 3.8) is 0 Å². The Hall–Kier alpha value is -1.97. The number of esters is 1. The largest absolute Gasteiger partial charge is 0.455 e. The van der Waals surface area contributed by atoms with E-state index in [1.54, 1.807) is 0 Å². The van der Waals surface area contributed by atoms with Crippen molar-refractivity contribution in [2.45, 2.75) is 18.2 Å². The number of carbonyl (C=O) groups is 2. The number of rotatable bonds is 6. The highest BCUT2D eigenvalue weighted by molar-refractivity contribution is 7.89. The zero-order valence-electron chi connectivity index (χ0n) is 14.5. The average molecular weight is 382 g/mol. The minimum absolute atomic E-state index is 0.0903. The summed E-state index contributed by atoms with van der Waals surface area (Å²) in [7, 11) is -3.57. The van der Waals surface area contributed by atoms with Crippen LogP contribution in [0.1, 0.15) is 13.3 Å². The molecule has 1 saturated carbocycles. The smallest absolute Gasteiger partial charge is 0.309 e. The predicted octanol–water partition coefficient (Wildman–Crippen LogP) is 0.845.